The highest BCUT2D eigenvalue weighted by atomic mass is 16.3. The number of nitrogens with zero attached hydrogens (tertiary/aromatic N) is 1. The molecule has 1 N–H and O–H groups in total. The van der Waals surface area contributed by atoms with Crippen molar-refractivity contribution in [2.75, 3.05) is 0 Å². The molecule has 2 aromatic heterocycles. The summed E-state index contributed by atoms with van der Waals surface area (Å²) in [7, 11) is 2.00. The van der Waals surface area contributed by atoms with Gasteiger partial charge in [-0.1, -0.05) is 12.1 Å². The monoisotopic (exact) mass is 296 g/mol. The second-order valence-corrected chi connectivity index (χ2v) is 5.74. The van der Waals surface area contributed by atoms with Gasteiger partial charge in [-0.05, 0) is 37.6 Å². The zero-order chi connectivity index (χ0) is 15.7. The molecule has 3 rings (SSSR count). The lowest BCUT2D eigenvalue weighted by Crippen LogP contribution is -2.25. The number of amides is 1. The lowest BCUT2D eigenvalue weighted by atomic mass is 10.1. The van der Waals surface area contributed by atoms with E-state index in [0.717, 1.165) is 27.8 Å². The fraction of sp³-hybridized carbons (Fsp3) is 0.278. The van der Waals surface area contributed by atoms with E-state index in [9.17, 15) is 4.79 Å². The van der Waals surface area contributed by atoms with Gasteiger partial charge in [0.2, 0.25) is 5.91 Å². The molecule has 0 aliphatic carbocycles. The van der Waals surface area contributed by atoms with Crippen LogP contribution in [0.3, 0.4) is 0 Å². The van der Waals surface area contributed by atoms with E-state index < -0.39 is 0 Å². The maximum absolute atomic E-state index is 12.2. The lowest BCUT2D eigenvalue weighted by molar-refractivity contribution is -0.120. The van der Waals surface area contributed by atoms with Crippen LogP contribution in [0.4, 0.5) is 0 Å². The Bertz CT molecular complexity index is 827. The van der Waals surface area contributed by atoms with Crippen LogP contribution in [0.2, 0.25) is 0 Å². The van der Waals surface area contributed by atoms with Crippen molar-refractivity contribution in [1.29, 1.82) is 0 Å². The number of nitrogens with one attached hydrogen (secondary N) is 1. The Morgan fingerprint density at radius 1 is 1.23 bits per heavy atom. The molecule has 0 atom stereocenters. The first-order chi connectivity index (χ1) is 10.5. The third-order valence-corrected chi connectivity index (χ3v) is 4.11. The van der Waals surface area contributed by atoms with Crippen LogP contribution in [0.5, 0.6) is 0 Å². The highest BCUT2D eigenvalue weighted by Crippen LogP contribution is 2.22. The van der Waals surface area contributed by atoms with Crippen LogP contribution < -0.4 is 5.32 Å². The van der Waals surface area contributed by atoms with E-state index in [1.807, 2.05) is 51.2 Å². The molecule has 4 nitrogen and oxygen atoms in total. The third kappa shape index (κ3) is 2.77. The summed E-state index contributed by atoms with van der Waals surface area (Å²) in [4.78, 5) is 12.2. The van der Waals surface area contributed by atoms with E-state index in [1.165, 1.54) is 5.69 Å². The Kier molecular flexibility index (Phi) is 3.75. The number of carbonyl (C=O) groups excluding carboxylic acids is 1. The van der Waals surface area contributed by atoms with E-state index in [1.54, 1.807) is 6.26 Å². The molecule has 22 heavy (non-hydrogen) atoms. The molecule has 0 fully saturated rings. The van der Waals surface area contributed by atoms with Crippen LogP contribution in [0.15, 0.2) is 41.0 Å². The number of fused-ring (bicyclic) bond motifs is 1. The van der Waals surface area contributed by atoms with Crippen molar-refractivity contribution in [3.05, 3.63) is 59.1 Å². The molecule has 4 heteroatoms. The van der Waals surface area contributed by atoms with Crippen LogP contribution >= 0.6 is 0 Å². The number of furan rings is 1. The minimum Gasteiger partial charge on any atom is -0.464 e. The lowest BCUT2D eigenvalue weighted by Gasteiger charge is -2.07. The average molecular weight is 296 g/mol. The first kappa shape index (κ1) is 14.4. The van der Waals surface area contributed by atoms with E-state index in [2.05, 4.69) is 9.88 Å². The summed E-state index contributed by atoms with van der Waals surface area (Å²) in [6, 6.07) is 10.1. The summed E-state index contributed by atoms with van der Waals surface area (Å²) in [5.74, 6) is 0.00197. The van der Waals surface area contributed by atoms with Crippen molar-refractivity contribution in [3.8, 4) is 0 Å². The molecule has 0 radical (unpaired) electrons. The first-order valence-electron chi connectivity index (χ1n) is 7.39. The Morgan fingerprint density at radius 3 is 2.77 bits per heavy atom. The van der Waals surface area contributed by atoms with Gasteiger partial charge in [-0.15, -0.1) is 0 Å². The second kappa shape index (κ2) is 5.72. The fourth-order valence-electron chi connectivity index (χ4n) is 2.60. The van der Waals surface area contributed by atoms with Gasteiger partial charge in [-0.2, -0.15) is 0 Å². The van der Waals surface area contributed by atoms with Crippen molar-refractivity contribution in [2.45, 2.75) is 26.8 Å². The number of aromatic nitrogens is 1. The maximum Gasteiger partial charge on any atom is 0.224 e. The van der Waals surface area contributed by atoms with Gasteiger partial charge in [0.15, 0.2) is 0 Å². The predicted molar refractivity (Wildman–Crippen MR) is 86.7 cm³/mol. The minimum atomic E-state index is 0.00197. The van der Waals surface area contributed by atoms with E-state index in [4.69, 9.17) is 4.42 Å². The minimum absolute atomic E-state index is 0.00197. The Morgan fingerprint density at radius 2 is 2.05 bits per heavy atom. The molecule has 1 aromatic carbocycles. The van der Waals surface area contributed by atoms with Crippen LogP contribution in [-0.2, 0) is 24.8 Å². The molecule has 0 saturated heterocycles. The molecule has 2 heterocycles. The summed E-state index contributed by atoms with van der Waals surface area (Å²) in [5.41, 5.74) is 5.19. The van der Waals surface area contributed by atoms with Gasteiger partial charge in [-0.3, -0.25) is 4.79 Å². The van der Waals surface area contributed by atoms with E-state index in [0.29, 0.717) is 13.0 Å². The van der Waals surface area contributed by atoms with Crippen LogP contribution in [-0.4, -0.2) is 10.5 Å². The molecule has 3 aromatic rings. The number of hydrogen-bond acceptors (Lipinski definition) is 2. The third-order valence-electron chi connectivity index (χ3n) is 4.11. The topological polar surface area (TPSA) is 47.2 Å². The summed E-state index contributed by atoms with van der Waals surface area (Å²) in [6.45, 7) is 4.61. The largest absolute Gasteiger partial charge is 0.464 e. The van der Waals surface area contributed by atoms with Crippen LogP contribution in [0, 0.1) is 13.8 Å². The average Bonchev–Trinajstić information content (AvgIpc) is 3.02. The van der Waals surface area contributed by atoms with Gasteiger partial charge >= 0.3 is 0 Å². The summed E-state index contributed by atoms with van der Waals surface area (Å²) >= 11 is 0. The van der Waals surface area contributed by atoms with Gasteiger partial charge in [-0.25, -0.2) is 0 Å². The number of hydrogen-bond donors (Lipinski definition) is 1. The predicted octanol–water partition coefficient (Wildman–Crippen LogP) is 3.25. The normalized spacial score (nSPS) is 11.0. The number of rotatable bonds is 4. The summed E-state index contributed by atoms with van der Waals surface area (Å²) in [6.07, 6.45) is 2.01. The standard InChI is InChI=1S/C18H20N2O2/c1-12-4-7-16-14(11-22-17(16)8-12)9-18(21)19-10-15-6-5-13(2)20(15)3/h4-8,11H,9-10H2,1-3H3,(H,19,21). The molecular formula is C18H20N2O2. The van der Waals surface area contributed by atoms with Crippen molar-refractivity contribution in [3.63, 3.8) is 0 Å². The Hall–Kier alpha value is -2.49. The quantitative estimate of drug-likeness (QED) is 0.803. The van der Waals surface area contributed by atoms with E-state index in [-0.39, 0.29) is 5.91 Å². The molecule has 0 unspecified atom stereocenters. The fourth-order valence-corrected chi connectivity index (χ4v) is 2.60. The zero-order valence-corrected chi connectivity index (χ0v) is 13.1. The molecule has 0 spiro atoms. The van der Waals surface area contributed by atoms with Gasteiger partial charge < -0.3 is 14.3 Å². The van der Waals surface area contributed by atoms with Crippen molar-refractivity contribution >= 4 is 16.9 Å². The highest BCUT2D eigenvalue weighted by Gasteiger charge is 2.11. The Balaban J connectivity index is 1.67. The van der Waals surface area contributed by atoms with Crippen molar-refractivity contribution in [1.82, 2.24) is 9.88 Å². The van der Waals surface area contributed by atoms with Crippen molar-refractivity contribution < 1.29 is 9.21 Å². The number of aryl methyl sites for hydroxylation is 2. The van der Waals surface area contributed by atoms with Crippen LogP contribution in [0.1, 0.15) is 22.5 Å². The SMILES string of the molecule is Cc1ccc2c(CC(=O)NCc3ccc(C)n3C)coc2c1. The molecule has 0 aliphatic rings. The number of benzene rings is 1. The Labute approximate surface area is 129 Å². The van der Waals surface area contributed by atoms with Gasteiger partial charge in [0.1, 0.15) is 5.58 Å². The number of carbonyl (C=O) groups is 1. The van der Waals surface area contributed by atoms with Crippen molar-refractivity contribution in [2.24, 2.45) is 7.05 Å². The smallest absolute Gasteiger partial charge is 0.224 e. The molecule has 0 bridgehead atoms. The summed E-state index contributed by atoms with van der Waals surface area (Å²) < 4.78 is 7.61. The molecule has 1 amide bonds. The molecule has 0 saturated carbocycles. The van der Waals surface area contributed by atoms with Gasteiger partial charge in [0, 0.05) is 29.4 Å². The first-order valence-corrected chi connectivity index (χ1v) is 7.39. The summed E-state index contributed by atoms with van der Waals surface area (Å²) in [5, 5.41) is 3.98. The highest BCUT2D eigenvalue weighted by molar-refractivity contribution is 5.87. The maximum atomic E-state index is 12.2. The molecular weight excluding hydrogens is 276 g/mol. The molecule has 0 aliphatic heterocycles. The van der Waals surface area contributed by atoms with Crippen LogP contribution in [0.25, 0.3) is 11.0 Å². The second-order valence-electron chi connectivity index (χ2n) is 5.74. The van der Waals surface area contributed by atoms with Gasteiger partial charge in [0.05, 0.1) is 19.2 Å². The van der Waals surface area contributed by atoms with Gasteiger partial charge in [0.25, 0.3) is 0 Å². The van der Waals surface area contributed by atoms with E-state index >= 15 is 0 Å². The zero-order valence-electron chi connectivity index (χ0n) is 13.1. The molecule has 114 valence electrons.